The van der Waals surface area contributed by atoms with E-state index in [4.69, 9.17) is 4.74 Å². The molecule has 2 rings (SSSR count). The van der Waals surface area contributed by atoms with Gasteiger partial charge in [0.25, 0.3) is 0 Å². The highest BCUT2D eigenvalue weighted by Gasteiger charge is 2.17. The highest BCUT2D eigenvalue weighted by Crippen LogP contribution is 2.21. The fraction of sp³-hybridized carbons (Fsp3) is 0.625. The van der Waals surface area contributed by atoms with Crippen LogP contribution in [0.3, 0.4) is 0 Å². The molecule has 1 saturated heterocycles. The van der Waals surface area contributed by atoms with Gasteiger partial charge >= 0.3 is 0 Å². The van der Waals surface area contributed by atoms with Crippen molar-refractivity contribution in [3.05, 3.63) is 29.6 Å². The van der Waals surface area contributed by atoms with Crippen LogP contribution in [-0.2, 0) is 0 Å². The Kier molecular flexibility index (Phi) is 5.96. The van der Waals surface area contributed by atoms with Gasteiger partial charge in [-0.3, -0.25) is 0 Å². The molecular formula is C16H25FN2O2. The van der Waals surface area contributed by atoms with E-state index in [1.54, 1.807) is 12.1 Å². The summed E-state index contributed by atoms with van der Waals surface area (Å²) < 4.78 is 18.9. The normalized spacial score (nSPS) is 18.7. The minimum absolute atomic E-state index is 0.149. The Balaban J connectivity index is 1.81. The average molecular weight is 296 g/mol. The van der Waals surface area contributed by atoms with E-state index < -0.39 is 6.10 Å². The lowest BCUT2D eigenvalue weighted by Crippen LogP contribution is -2.38. The first-order chi connectivity index (χ1) is 10.1. The van der Waals surface area contributed by atoms with E-state index in [1.807, 2.05) is 6.92 Å². The minimum Gasteiger partial charge on any atom is -0.497 e. The number of ether oxygens (including phenoxy) is 1. The van der Waals surface area contributed by atoms with Crippen LogP contribution in [0.4, 0.5) is 4.39 Å². The van der Waals surface area contributed by atoms with E-state index in [0.717, 1.165) is 13.1 Å². The first kappa shape index (κ1) is 16.2. The number of hydrogen-bond donors (Lipinski definition) is 2. The van der Waals surface area contributed by atoms with Crippen LogP contribution in [0.25, 0.3) is 0 Å². The molecule has 0 spiro atoms. The summed E-state index contributed by atoms with van der Waals surface area (Å²) in [5.41, 5.74) is 0.587. The van der Waals surface area contributed by atoms with Crippen LogP contribution in [0.2, 0.25) is 0 Å². The number of benzene rings is 1. The van der Waals surface area contributed by atoms with E-state index >= 15 is 0 Å². The molecular weight excluding hydrogens is 271 g/mol. The zero-order valence-corrected chi connectivity index (χ0v) is 12.8. The first-order valence-corrected chi connectivity index (χ1v) is 7.57. The zero-order valence-electron chi connectivity index (χ0n) is 12.8. The number of aliphatic hydroxyl groups excluding tert-OH is 1. The third-order valence-electron chi connectivity index (χ3n) is 4.00. The molecule has 1 heterocycles. The van der Waals surface area contributed by atoms with E-state index in [1.165, 1.54) is 26.0 Å². The van der Waals surface area contributed by atoms with Crippen LogP contribution in [0.1, 0.15) is 31.4 Å². The number of likely N-dealkylation sites (tertiary alicyclic amines) is 1. The van der Waals surface area contributed by atoms with E-state index in [0.29, 0.717) is 24.4 Å². The standard InChI is InChI=1S/C16H25FN2O2/c1-12(15-6-5-14(21-2)9-16(15)17)18-10-13(20)11-19-7-3-4-8-19/h5-6,9,12-13,18,20H,3-4,7-8,10-11H2,1-2H3. The Morgan fingerprint density at radius 2 is 2.10 bits per heavy atom. The highest BCUT2D eigenvalue weighted by atomic mass is 19.1. The van der Waals surface area contributed by atoms with Gasteiger partial charge in [-0.15, -0.1) is 0 Å². The lowest BCUT2D eigenvalue weighted by Gasteiger charge is -2.22. The molecule has 4 nitrogen and oxygen atoms in total. The van der Waals surface area contributed by atoms with Gasteiger partial charge in [-0.1, -0.05) is 6.07 Å². The van der Waals surface area contributed by atoms with Gasteiger partial charge in [-0.25, -0.2) is 4.39 Å². The van der Waals surface area contributed by atoms with Gasteiger partial charge in [0, 0.05) is 30.8 Å². The quantitative estimate of drug-likeness (QED) is 0.807. The van der Waals surface area contributed by atoms with Crippen LogP contribution in [-0.4, -0.2) is 49.4 Å². The SMILES string of the molecule is COc1ccc(C(C)NCC(O)CN2CCCC2)c(F)c1. The minimum atomic E-state index is -0.424. The molecule has 2 unspecified atom stereocenters. The molecule has 2 atom stereocenters. The van der Waals surface area contributed by atoms with E-state index in [-0.39, 0.29) is 11.9 Å². The molecule has 1 aliphatic heterocycles. The number of halogens is 1. The van der Waals surface area contributed by atoms with Gasteiger partial charge in [0.1, 0.15) is 11.6 Å². The Morgan fingerprint density at radius 1 is 1.38 bits per heavy atom. The third kappa shape index (κ3) is 4.66. The van der Waals surface area contributed by atoms with Gasteiger partial charge in [-0.05, 0) is 38.9 Å². The molecule has 1 aromatic rings. The van der Waals surface area contributed by atoms with Crippen molar-refractivity contribution in [3.63, 3.8) is 0 Å². The molecule has 21 heavy (non-hydrogen) atoms. The maximum atomic E-state index is 13.9. The summed E-state index contributed by atoms with van der Waals surface area (Å²) >= 11 is 0. The lowest BCUT2D eigenvalue weighted by molar-refractivity contribution is 0.121. The second kappa shape index (κ2) is 7.73. The molecule has 0 aliphatic carbocycles. The maximum absolute atomic E-state index is 13.9. The van der Waals surface area contributed by atoms with Gasteiger partial charge in [0.2, 0.25) is 0 Å². The average Bonchev–Trinajstić information content (AvgIpc) is 2.97. The lowest BCUT2D eigenvalue weighted by atomic mass is 10.1. The number of methoxy groups -OCH3 is 1. The number of nitrogens with zero attached hydrogens (tertiary/aromatic N) is 1. The molecule has 1 fully saturated rings. The molecule has 5 heteroatoms. The summed E-state index contributed by atoms with van der Waals surface area (Å²) in [5.74, 6) is 0.223. The Labute approximate surface area is 125 Å². The molecule has 0 aromatic heterocycles. The number of hydrogen-bond acceptors (Lipinski definition) is 4. The maximum Gasteiger partial charge on any atom is 0.131 e. The van der Waals surface area contributed by atoms with Crippen LogP contribution in [0, 0.1) is 5.82 Å². The van der Waals surface area contributed by atoms with Crippen molar-refractivity contribution < 1.29 is 14.2 Å². The van der Waals surface area contributed by atoms with Crippen molar-refractivity contribution in [3.8, 4) is 5.75 Å². The Bertz CT molecular complexity index is 450. The smallest absolute Gasteiger partial charge is 0.131 e. The molecule has 0 amide bonds. The van der Waals surface area contributed by atoms with Gasteiger partial charge in [-0.2, -0.15) is 0 Å². The van der Waals surface area contributed by atoms with Crippen LogP contribution < -0.4 is 10.1 Å². The summed E-state index contributed by atoms with van der Waals surface area (Å²) in [5, 5.41) is 13.2. The van der Waals surface area contributed by atoms with Crippen LogP contribution in [0.15, 0.2) is 18.2 Å². The molecule has 0 bridgehead atoms. The highest BCUT2D eigenvalue weighted by molar-refractivity contribution is 5.30. The fourth-order valence-electron chi connectivity index (χ4n) is 2.74. The monoisotopic (exact) mass is 296 g/mol. The molecule has 1 aliphatic rings. The van der Waals surface area contributed by atoms with Crippen molar-refractivity contribution in [2.24, 2.45) is 0 Å². The van der Waals surface area contributed by atoms with Crippen molar-refractivity contribution in [2.45, 2.75) is 31.9 Å². The molecule has 0 saturated carbocycles. The van der Waals surface area contributed by atoms with Crippen molar-refractivity contribution in [2.75, 3.05) is 33.3 Å². The van der Waals surface area contributed by atoms with Crippen molar-refractivity contribution >= 4 is 0 Å². The third-order valence-corrected chi connectivity index (χ3v) is 4.00. The largest absolute Gasteiger partial charge is 0.497 e. The van der Waals surface area contributed by atoms with Crippen molar-refractivity contribution in [1.29, 1.82) is 0 Å². The summed E-state index contributed by atoms with van der Waals surface area (Å²) in [6.07, 6.45) is 2.01. The number of β-amino-alcohol motifs (C(OH)–C–C–N with tert-alkyl or cyclic N) is 1. The summed E-state index contributed by atoms with van der Waals surface area (Å²) in [6.45, 7) is 5.18. The topological polar surface area (TPSA) is 44.7 Å². The molecule has 2 N–H and O–H groups in total. The second-order valence-corrected chi connectivity index (χ2v) is 5.68. The predicted octanol–water partition coefficient (Wildman–Crippen LogP) is 1.94. The number of nitrogens with one attached hydrogen (secondary N) is 1. The predicted molar refractivity (Wildman–Crippen MR) is 81.1 cm³/mol. The summed E-state index contributed by atoms with van der Waals surface area (Å²) in [4.78, 5) is 2.27. The summed E-state index contributed by atoms with van der Waals surface area (Å²) in [6, 6.07) is 4.70. The number of rotatable bonds is 7. The fourth-order valence-corrected chi connectivity index (χ4v) is 2.74. The Morgan fingerprint density at radius 3 is 2.71 bits per heavy atom. The van der Waals surface area contributed by atoms with Gasteiger partial charge < -0.3 is 20.1 Å². The van der Waals surface area contributed by atoms with Gasteiger partial charge in [0.05, 0.1) is 13.2 Å². The molecule has 0 radical (unpaired) electrons. The van der Waals surface area contributed by atoms with Crippen LogP contribution >= 0.6 is 0 Å². The second-order valence-electron chi connectivity index (χ2n) is 5.68. The zero-order chi connectivity index (χ0) is 15.2. The molecule has 118 valence electrons. The number of aliphatic hydroxyl groups is 1. The van der Waals surface area contributed by atoms with Gasteiger partial charge in [0.15, 0.2) is 0 Å². The van der Waals surface area contributed by atoms with Crippen molar-refractivity contribution in [1.82, 2.24) is 10.2 Å². The van der Waals surface area contributed by atoms with E-state index in [2.05, 4.69) is 10.2 Å². The molecule has 1 aromatic carbocycles. The first-order valence-electron chi connectivity index (χ1n) is 7.57. The van der Waals surface area contributed by atoms with E-state index in [9.17, 15) is 9.50 Å². The summed E-state index contributed by atoms with van der Waals surface area (Å²) in [7, 11) is 1.52. The van der Waals surface area contributed by atoms with Crippen LogP contribution in [0.5, 0.6) is 5.75 Å². The Hall–Kier alpha value is -1.17.